The zero-order valence-corrected chi connectivity index (χ0v) is 12.2. The van der Waals surface area contributed by atoms with Crippen molar-refractivity contribution < 1.29 is 0 Å². The Morgan fingerprint density at radius 2 is 1.89 bits per heavy atom. The molecule has 18 heavy (non-hydrogen) atoms. The van der Waals surface area contributed by atoms with E-state index in [-0.39, 0.29) is 0 Å². The van der Waals surface area contributed by atoms with Gasteiger partial charge in [0.25, 0.3) is 0 Å². The average molecular weight is 259 g/mol. The van der Waals surface area contributed by atoms with Crippen LogP contribution in [0.3, 0.4) is 0 Å². The Hall–Kier alpha value is -1.12. The summed E-state index contributed by atoms with van der Waals surface area (Å²) in [6.45, 7) is 8.62. The molecule has 0 aliphatic carbocycles. The van der Waals surface area contributed by atoms with E-state index in [9.17, 15) is 0 Å². The van der Waals surface area contributed by atoms with E-state index in [1.165, 1.54) is 32.9 Å². The largest absolute Gasteiger partial charge is 0.312 e. The van der Waals surface area contributed by atoms with Crippen molar-refractivity contribution in [3.63, 3.8) is 0 Å². The molecule has 0 saturated carbocycles. The summed E-state index contributed by atoms with van der Waals surface area (Å²) in [6.07, 6.45) is 1.19. The van der Waals surface area contributed by atoms with Gasteiger partial charge in [-0.1, -0.05) is 25.1 Å². The quantitative estimate of drug-likeness (QED) is 0.778. The maximum Gasteiger partial charge on any atom is 0.0346 e. The summed E-state index contributed by atoms with van der Waals surface area (Å²) in [7, 11) is 0. The van der Waals surface area contributed by atoms with Gasteiger partial charge in [-0.25, -0.2) is 0 Å². The molecule has 0 saturated heterocycles. The smallest absolute Gasteiger partial charge is 0.0346 e. The molecule has 1 N–H and O–H groups in total. The maximum absolute atomic E-state index is 3.45. The maximum atomic E-state index is 3.45. The highest BCUT2D eigenvalue weighted by atomic mass is 32.1. The van der Waals surface area contributed by atoms with Crippen molar-refractivity contribution >= 4 is 11.3 Å². The number of nitrogens with one attached hydrogen (secondary N) is 1. The predicted molar refractivity (Wildman–Crippen MR) is 81.2 cm³/mol. The highest BCUT2D eigenvalue weighted by molar-refractivity contribution is 7.15. The van der Waals surface area contributed by atoms with Crippen molar-refractivity contribution in [2.45, 2.75) is 33.7 Å². The summed E-state index contributed by atoms with van der Waals surface area (Å²) in [5.41, 5.74) is 4.07. The van der Waals surface area contributed by atoms with Gasteiger partial charge in [-0.15, -0.1) is 11.3 Å². The second-order valence-corrected chi connectivity index (χ2v) is 5.91. The minimum absolute atomic E-state index is 0.989. The highest BCUT2D eigenvalue weighted by Gasteiger charge is 2.03. The van der Waals surface area contributed by atoms with Crippen molar-refractivity contribution in [2.75, 3.05) is 6.54 Å². The van der Waals surface area contributed by atoms with E-state index >= 15 is 0 Å². The van der Waals surface area contributed by atoms with E-state index in [4.69, 9.17) is 0 Å². The third-order valence-electron chi connectivity index (χ3n) is 3.18. The van der Waals surface area contributed by atoms with Crippen LogP contribution in [0.25, 0.3) is 10.4 Å². The van der Waals surface area contributed by atoms with Crippen LogP contribution in [-0.4, -0.2) is 6.54 Å². The fraction of sp³-hybridized carbons (Fsp3) is 0.375. The molecular formula is C16H21NS. The molecule has 2 rings (SSSR count). The van der Waals surface area contributed by atoms with Gasteiger partial charge >= 0.3 is 0 Å². The van der Waals surface area contributed by atoms with Crippen LogP contribution in [-0.2, 0) is 6.54 Å². The minimum Gasteiger partial charge on any atom is -0.312 e. The molecule has 1 heterocycles. The van der Waals surface area contributed by atoms with Gasteiger partial charge in [0.2, 0.25) is 0 Å². The molecule has 1 nitrogen and oxygen atoms in total. The van der Waals surface area contributed by atoms with Gasteiger partial charge < -0.3 is 5.32 Å². The van der Waals surface area contributed by atoms with Gasteiger partial charge in [-0.2, -0.15) is 0 Å². The average Bonchev–Trinajstić information content (AvgIpc) is 2.82. The van der Waals surface area contributed by atoms with Gasteiger partial charge in [0.05, 0.1) is 0 Å². The Balaban J connectivity index is 2.11. The van der Waals surface area contributed by atoms with Crippen LogP contribution < -0.4 is 5.32 Å². The lowest BCUT2D eigenvalue weighted by atomic mass is 10.1. The van der Waals surface area contributed by atoms with Crippen LogP contribution in [0.1, 0.15) is 29.3 Å². The second-order valence-electron chi connectivity index (χ2n) is 4.74. The molecule has 0 amide bonds. The zero-order chi connectivity index (χ0) is 13.0. The first-order valence-corrected chi connectivity index (χ1v) is 7.39. The van der Waals surface area contributed by atoms with Crippen LogP contribution in [0.4, 0.5) is 0 Å². The minimum atomic E-state index is 0.989. The Labute approximate surface area is 114 Å². The monoisotopic (exact) mass is 259 g/mol. The van der Waals surface area contributed by atoms with Gasteiger partial charge in [0, 0.05) is 16.3 Å². The van der Waals surface area contributed by atoms with Gasteiger partial charge in [-0.05, 0) is 55.6 Å². The molecule has 96 valence electrons. The molecular weight excluding hydrogens is 238 g/mol. The molecule has 0 aliphatic rings. The summed E-state index contributed by atoms with van der Waals surface area (Å²) >= 11 is 1.89. The molecule has 0 spiro atoms. The number of rotatable bonds is 5. The van der Waals surface area contributed by atoms with E-state index in [1.54, 1.807) is 0 Å². The first-order chi connectivity index (χ1) is 8.70. The summed E-state index contributed by atoms with van der Waals surface area (Å²) in [4.78, 5) is 2.78. The molecule has 0 aliphatic heterocycles. The van der Waals surface area contributed by atoms with Gasteiger partial charge in [0.15, 0.2) is 0 Å². The number of thiophene rings is 1. The predicted octanol–water partition coefficient (Wildman–Crippen LogP) is 4.53. The summed E-state index contributed by atoms with van der Waals surface area (Å²) in [6, 6.07) is 11.2. The van der Waals surface area contributed by atoms with Gasteiger partial charge in [-0.3, -0.25) is 0 Å². The lowest BCUT2D eigenvalue weighted by Gasteiger charge is -2.03. The van der Waals surface area contributed by atoms with Crippen LogP contribution >= 0.6 is 11.3 Å². The summed E-state index contributed by atoms with van der Waals surface area (Å²) in [5, 5.41) is 3.45. The zero-order valence-electron chi connectivity index (χ0n) is 11.4. The van der Waals surface area contributed by atoms with Gasteiger partial charge in [0.1, 0.15) is 0 Å². The Morgan fingerprint density at radius 1 is 1.06 bits per heavy atom. The Kier molecular flexibility index (Phi) is 4.56. The van der Waals surface area contributed by atoms with E-state index in [1.807, 2.05) is 11.3 Å². The lowest BCUT2D eigenvalue weighted by Crippen LogP contribution is -2.12. The molecule has 0 atom stereocenters. The normalized spacial score (nSPS) is 10.8. The van der Waals surface area contributed by atoms with E-state index in [0.717, 1.165) is 13.1 Å². The van der Waals surface area contributed by atoms with Crippen molar-refractivity contribution in [3.8, 4) is 10.4 Å². The topological polar surface area (TPSA) is 12.0 Å². The van der Waals surface area contributed by atoms with Crippen LogP contribution in [0.15, 0.2) is 30.3 Å². The van der Waals surface area contributed by atoms with E-state index in [0.29, 0.717) is 0 Å². The van der Waals surface area contributed by atoms with Crippen molar-refractivity contribution in [2.24, 2.45) is 0 Å². The number of aryl methyl sites for hydroxylation is 2. The first-order valence-electron chi connectivity index (χ1n) is 6.57. The van der Waals surface area contributed by atoms with Crippen LogP contribution in [0.5, 0.6) is 0 Å². The molecule has 1 aromatic carbocycles. The molecule has 0 bridgehead atoms. The third-order valence-corrected chi connectivity index (χ3v) is 4.31. The number of benzene rings is 1. The summed E-state index contributed by atoms with van der Waals surface area (Å²) < 4.78 is 0. The Morgan fingerprint density at radius 3 is 2.61 bits per heavy atom. The van der Waals surface area contributed by atoms with Crippen LogP contribution in [0.2, 0.25) is 0 Å². The number of hydrogen-bond donors (Lipinski definition) is 1. The molecule has 1 aromatic heterocycles. The second kappa shape index (κ2) is 6.17. The molecule has 0 radical (unpaired) electrons. The molecule has 2 aromatic rings. The van der Waals surface area contributed by atoms with Crippen molar-refractivity contribution in [1.29, 1.82) is 0 Å². The summed E-state index contributed by atoms with van der Waals surface area (Å²) in [5.74, 6) is 0. The molecule has 0 unspecified atom stereocenters. The molecule has 0 fully saturated rings. The lowest BCUT2D eigenvalue weighted by molar-refractivity contribution is 0.681. The standard InChI is InChI=1S/C16H21NS/c1-4-9-17-11-15-7-8-16(18-15)14-6-5-12(2)13(3)10-14/h5-8,10,17H,4,9,11H2,1-3H3. The van der Waals surface area contributed by atoms with Crippen LogP contribution in [0, 0.1) is 13.8 Å². The van der Waals surface area contributed by atoms with E-state index < -0.39 is 0 Å². The van der Waals surface area contributed by atoms with Crippen molar-refractivity contribution in [1.82, 2.24) is 5.32 Å². The number of hydrogen-bond acceptors (Lipinski definition) is 2. The highest BCUT2D eigenvalue weighted by Crippen LogP contribution is 2.29. The third kappa shape index (κ3) is 3.21. The first kappa shape index (κ1) is 13.3. The Bertz CT molecular complexity index is 514. The van der Waals surface area contributed by atoms with Crippen molar-refractivity contribution in [3.05, 3.63) is 46.3 Å². The fourth-order valence-corrected chi connectivity index (χ4v) is 2.88. The molecule has 2 heteroatoms. The fourth-order valence-electron chi connectivity index (χ4n) is 1.91. The van der Waals surface area contributed by atoms with E-state index in [2.05, 4.69) is 56.4 Å². The SMILES string of the molecule is CCCNCc1ccc(-c2ccc(C)c(C)c2)s1.